The van der Waals surface area contributed by atoms with Crippen molar-refractivity contribution in [2.45, 2.75) is 38.3 Å². The van der Waals surface area contributed by atoms with Gasteiger partial charge in [0, 0.05) is 22.2 Å². The van der Waals surface area contributed by atoms with E-state index in [1.54, 1.807) is 0 Å². The SMILES string of the molecule is CC1CCCC(CN)N1C(=O)c1ccccc1I. The molecule has 1 aromatic rings. The van der Waals surface area contributed by atoms with Crippen molar-refractivity contribution in [2.75, 3.05) is 6.54 Å². The van der Waals surface area contributed by atoms with Crippen molar-refractivity contribution in [3.05, 3.63) is 33.4 Å². The Kier molecular flexibility index (Phi) is 4.61. The van der Waals surface area contributed by atoms with Crippen LogP contribution in [0, 0.1) is 3.57 Å². The summed E-state index contributed by atoms with van der Waals surface area (Å²) in [5.74, 6) is 0.127. The van der Waals surface area contributed by atoms with Crippen LogP contribution in [0.1, 0.15) is 36.5 Å². The summed E-state index contributed by atoms with van der Waals surface area (Å²) in [5, 5.41) is 0. The van der Waals surface area contributed by atoms with Crippen LogP contribution in [0.4, 0.5) is 0 Å². The molecule has 1 aromatic carbocycles. The minimum Gasteiger partial charge on any atom is -0.332 e. The van der Waals surface area contributed by atoms with E-state index in [1.807, 2.05) is 29.2 Å². The monoisotopic (exact) mass is 358 g/mol. The molecule has 3 nitrogen and oxygen atoms in total. The smallest absolute Gasteiger partial charge is 0.255 e. The van der Waals surface area contributed by atoms with Crippen molar-refractivity contribution >= 4 is 28.5 Å². The van der Waals surface area contributed by atoms with E-state index in [0.717, 1.165) is 22.0 Å². The number of piperidine rings is 1. The fourth-order valence-electron chi connectivity index (χ4n) is 2.66. The molecule has 2 rings (SSSR count). The van der Waals surface area contributed by atoms with E-state index >= 15 is 0 Å². The van der Waals surface area contributed by atoms with Crippen molar-refractivity contribution in [3.8, 4) is 0 Å². The van der Waals surface area contributed by atoms with Crippen LogP contribution >= 0.6 is 22.6 Å². The second-order valence-electron chi connectivity index (χ2n) is 4.86. The summed E-state index contributed by atoms with van der Waals surface area (Å²) < 4.78 is 1.01. The fourth-order valence-corrected chi connectivity index (χ4v) is 3.28. The fraction of sp³-hybridized carbons (Fsp3) is 0.500. The third-order valence-corrected chi connectivity index (χ3v) is 4.58. The summed E-state index contributed by atoms with van der Waals surface area (Å²) in [6.45, 7) is 2.68. The Labute approximate surface area is 122 Å². The largest absolute Gasteiger partial charge is 0.332 e. The summed E-state index contributed by atoms with van der Waals surface area (Å²) in [4.78, 5) is 14.7. The minimum atomic E-state index is 0.127. The van der Waals surface area contributed by atoms with E-state index in [2.05, 4.69) is 29.5 Å². The number of nitrogens with two attached hydrogens (primary N) is 1. The van der Waals surface area contributed by atoms with Crippen molar-refractivity contribution in [2.24, 2.45) is 5.73 Å². The molecule has 0 aromatic heterocycles. The molecule has 2 N–H and O–H groups in total. The average Bonchev–Trinajstić information content (AvgIpc) is 2.38. The number of likely N-dealkylation sites (tertiary alicyclic amines) is 1. The van der Waals surface area contributed by atoms with E-state index in [4.69, 9.17) is 5.73 Å². The highest BCUT2D eigenvalue weighted by atomic mass is 127. The number of rotatable bonds is 2. The minimum absolute atomic E-state index is 0.127. The molecule has 1 aliphatic rings. The quantitative estimate of drug-likeness (QED) is 0.827. The molecule has 1 heterocycles. The van der Waals surface area contributed by atoms with Crippen molar-refractivity contribution in [3.63, 3.8) is 0 Å². The highest BCUT2D eigenvalue weighted by molar-refractivity contribution is 14.1. The predicted molar refractivity (Wildman–Crippen MR) is 81.5 cm³/mol. The zero-order valence-corrected chi connectivity index (χ0v) is 12.8. The molecule has 4 heteroatoms. The number of amides is 1. The first kappa shape index (κ1) is 13.8. The average molecular weight is 358 g/mol. The number of nitrogens with zero attached hydrogens (tertiary/aromatic N) is 1. The van der Waals surface area contributed by atoms with Crippen LogP contribution in [0.2, 0.25) is 0 Å². The van der Waals surface area contributed by atoms with Gasteiger partial charge < -0.3 is 10.6 Å². The number of benzene rings is 1. The summed E-state index contributed by atoms with van der Waals surface area (Å²) in [6.07, 6.45) is 3.26. The summed E-state index contributed by atoms with van der Waals surface area (Å²) in [7, 11) is 0. The van der Waals surface area contributed by atoms with Gasteiger partial charge >= 0.3 is 0 Å². The molecule has 98 valence electrons. The predicted octanol–water partition coefficient (Wildman–Crippen LogP) is 2.63. The van der Waals surface area contributed by atoms with Gasteiger partial charge in [-0.2, -0.15) is 0 Å². The Morgan fingerprint density at radius 1 is 1.44 bits per heavy atom. The van der Waals surface area contributed by atoms with Gasteiger partial charge in [-0.25, -0.2) is 0 Å². The van der Waals surface area contributed by atoms with Crippen LogP contribution in [0.25, 0.3) is 0 Å². The van der Waals surface area contributed by atoms with Crippen LogP contribution in [-0.4, -0.2) is 29.4 Å². The first-order valence-electron chi connectivity index (χ1n) is 6.42. The first-order chi connectivity index (χ1) is 8.65. The molecule has 0 spiro atoms. The Balaban J connectivity index is 2.28. The molecule has 1 saturated heterocycles. The van der Waals surface area contributed by atoms with Crippen LogP contribution in [0.5, 0.6) is 0 Å². The summed E-state index contributed by atoms with van der Waals surface area (Å²) in [5.41, 5.74) is 6.61. The molecule has 1 aliphatic heterocycles. The normalized spacial score (nSPS) is 24.1. The van der Waals surface area contributed by atoms with Gasteiger partial charge in [-0.15, -0.1) is 0 Å². The number of hydrogen-bond acceptors (Lipinski definition) is 2. The van der Waals surface area contributed by atoms with Crippen LogP contribution < -0.4 is 5.73 Å². The van der Waals surface area contributed by atoms with E-state index in [-0.39, 0.29) is 18.0 Å². The number of carbonyl (C=O) groups is 1. The maximum Gasteiger partial charge on any atom is 0.255 e. The van der Waals surface area contributed by atoms with Crippen molar-refractivity contribution in [1.29, 1.82) is 0 Å². The third kappa shape index (κ3) is 2.69. The lowest BCUT2D eigenvalue weighted by molar-refractivity contribution is 0.0493. The van der Waals surface area contributed by atoms with Gasteiger partial charge in [-0.3, -0.25) is 4.79 Å². The Hall–Kier alpha value is -0.620. The molecule has 0 radical (unpaired) electrons. The van der Waals surface area contributed by atoms with E-state index in [1.165, 1.54) is 6.42 Å². The lowest BCUT2D eigenvalue weighted by atomic mass is 9.95. The summed E-state index contributed by atoms with van der Waals surface area (Å²) >= 11 is 2.22. The van der Waals surface area contributed by atoms with Crippen molar-refractivity contribution in [1.82, 2.24) is 4.90 Å². The van der Waals surface area contributed by atoms with E-state index in [0.29, 0.717) is 6.54 Å². The standard InChI is InChI=1S/C14H19IN2O/c1-10-5-4-6-11(9-16)17(10)14(18)12-7-2-3-8-13(12)15/h2-3,7-8,10-11H,4-6,9,16H2,1H3. The highest BCUT2D eigenvalue weighted by Crippen LogP contribution is 2.25. The molecule has 0 saturated carbocycles. The highest BCUT2D eigenvalue weighted by Gasteiger charge is 2.31. The molecule has 18 heavy (non-hydrogen) atoms. The van der Waals surface area contributed by atoms with Crippen LogP contribution in [0.15, 0.2) is 24.3 Å². The maximum atomic E-state index is 12.7. The molecule has 2 unspecified atom stereocenters. The molecule has 1 fully saturated rings. The topological polar surface area (TPSA) is 46.3 Å². The number of halogens is 1. The Morgan fingerprint density at radius 2 is 2.17 bits per heavy atom. The molecular formula is C14H19IN2O. The molecule has 0 bridgehead atoms. The first-order valence-corrected chi connectivity index (χ1v) is 7.50. The van der Waals surface area contributed by atoms with Crippen LogP contribution in [0.3, 0.4) is 0 Å². The molecule has 2 atom stereocenters. The molecule has 1 amide bonds. The van der Waals surface area contributed by atoms with Gasteiger partial charge in [0.15, 0.2) is 0 Å². The number of hydrogen-bond donors (Lipinski definition) is 1. The maximum absolute atomic E-state index is 12.7. The lowest BCUT2D eigenvalue weighted by Gasteiger charge is -2.40. The molecule has 0 aliphatic carbocycles. The van der Waals surface area contributed by atoms with Gasteiger partial charge in [0.25, 0.3) is 5.91 Å². The zero-order valence-electron chi connectivity index (χ0n) is 10.6. The van der Waals surface area contributed by atoms with Crippen LogP contribution in [-0.2, 0) is 0 Å². The second kappa shape index (κ2) is 6.02. The number of carbonyl (C=O) groups excluding carboxylic acids is 1. The van der Waals surface area contributed by atoms with Gasteiger partial charge in [-0.1, -0.05) is 12.1 Å². The third-order valence-electron chi connectivity index (χ3n) is 3.64. The molecular weight excluding hydrogens is 339 g/mol. The van der Waals surface area contributed by atoms with Gasteiger partial charge in [0.05, 0.1) is 5.56 Å². The lowest BCUT2D eigenvalue weighted by Crippen LogP contribution is -2.52. The summed E-state index contributed by atoms with van der Waals surface area (Å²) in [6, 6.07) is 8.23. The van der Waals surface area contributed by atoms with Gasteiger partial charge in [0.1, 0.15) is 0 Å². The van der Waals surface area contributed by atoms with Gasteiger partial charge in [-0.05, 0) is 60.9 Å². The van der Waals surface area contributed by atoms with E-state index < -0.39 is 0 Å². The Morgan fingerprint density at radius 3 is 2.83 bits per heavy atom. The zero-order chi connectivity index (χ0) is 13.1. The van der Waals surface area contributed by atoms with Gasteiger partial charge in [0.2, 0.25) is 0 Å². The van der Waals surface area contributed by atoms with Crippen molar-refractivity contribution < 1.29 is 4.79 Å². The van der Waals surface area contributed by atoms with E-state index in [9.17, 15) is 4.79 Å². The second-order valence-corrected chi connectivity index (χ2v) is 6.02. The Bertz CT molecular complexity index is 436.